The zero-order valence-corrected chi connectivity index (χ0v) is 13.5. The van der Waals surface area contributed by atoms with Gasteiger partial charge >= 0.3 is 5.97 Å². The molecule has 1 N–H and O–H groups in total. The molecule has 2 heterocycles. The van der Waals surface area contributed by atoms with E-state index in [9.17, 15) is 14.7 Å². The molecule has 0 aromatic carbocycles. The highest BCUT2D eigenvalue weighted by molar-refractivity contribution is 5.80. The minimum Gasteiger partial charge on any atom is -0.481 e. The molecule has 2 rings (SSSR count). The van der Waals surface area contributed by atoms with Crippen molar-refractivity contribution < 1.29 is 19.4 Å². The molecule has 22 heavy (non-hydrogen) atoms. The number of aromatic nitrogens is 2. The van der Waals surface area contributed by atoms with Crippen molar-refractivity contribution >= 4 is 11.9 Å². The van der Waals surface area contributed by atoms with Crippen LogP contribution in [-0.4, -0.2) is 50.9 Å². The molecule has 1 fully saturated rings. The molecule has 122 valence electrons. The molecule has 1 saturated heterocycles. The lowest BCUT2D eigenvalue weighted by atomic mass is 9.90. The number of amides is 1. The largest absolute Gasteiger partial charge is 0.481 e. The average Bonchev–Trinajstić information content (AvgIpc) is 2.69. The molecule has 1 aliphatic rings. The second-order valence-electron chi connectivity index (χ2n) is 5.83. The van der Waals surface area contributed by atoms with Crippen LogP contribution in [0.25, 0.3) is 0 Å². The van der Waals surface area contributed by atoms with E-state index >= 15 is 0 Å². The minimum absolute atomic E-state index is 0.0932. The maximum Gasteiger partial charge on any atom is 0.308 e. The van der Waals surface area contributed by atoms with E-state index in [1.165, 1.54) is 0 Å². The fourth-order valence-corrected chi connectivity index (χ4v) is 3.01. The van der Waals surface area contributed by atoms with Gasteiger partial charge in [0.2, 0.25) is 0 Å². The highest BCUT2D eigenvalue weighted by Crippen LogP contribution is 2.25. The number of piperidine rings is 1. The van der Waals surface area contributed by atoms with Crippen LogP contribution in [0.2, 0.25) is 0 Å². The zero-order chi connectivity index (χ0) is 16.4. The first kappa shape index (κ1) is 16.3. The van der Waals surface area contributed by atoms with Crippen LogP contribution in [0.1, 0.15) is 31.2 Å². The summed E-state index contributed by atoms with van der Waals surface area (Å²) in [6.45, 7) is 5.99. The summed E-state index contributed by atoms with van der Waals surface area (Å²) in [6, 6.07) is -0.307. The number of carboxylic acids is 1. The molecule has 1 aliphatic heterocycles. The van der Waals surface area contributed by atoms with Crippen LogP contribution in [0.3, 0.4) is 0 Å². The number of hydrogen-bond donors (Lipinski definition) is 1. The van der Waals surface area contributed by atoms with Crippen LogP contribution < -0.4 is 4.74 Å². The Kier molecular flexibility index (Phi) is 4.73. The van der Waals surface area contributed by atoms with Gasteiger partial charge in [0.1, 0.15) is 5.69 Å². The minimum atomic E-state index is -0.843. The number of carbonyl (C=O) groups is 2. The van der Waals surface area contributed by atoms with Crippen LogP contribution >= 0.6 is 0 Å². The molecule has 7 nitrogen and oxygen atoms in total. The first-order valence-corrected chi connectivity index (χ1v) is 7.48. The van der Waals surface area contributed by atoms with E-state index < -0.39 is 11.9 Å². The molecule has 0 bridgehead atoms. The monoisotopic (exact) mass is 309 g/mol. The van der Waals surface area contributed by atoms with Gasteiger partial charge in [0.05, 0.1) is 11.6 Å². The van der Waals surface area contributed by atoms with Crippen molar-refractivity contribution in [2.45, 2.75) is 39.7 Å². The van der Waals surface area contributed by atoms with Gasteiger partial charge in [0.15, 0.2) is 12.4 Å². The molecule has 0 unspecified atom stereocenters. The van der Waals surface area contributed by atoms with Gasteiger partial charge in [-0.25, -0.2) is 0 Å². The Labute approximate surface area is 129 Å². The van der Waals surface area contributed by atoms with Crippen molar-refractivity contribution in [2.24, 2.45) is 13.0 Å². The van der Waals surface area contributed by atoms with Gasteiger partial charge < -0.3 is 14.7 Å². The Hall–Kier alpha value is -2.05. The lowest BCUT2D eigenvalue weighted by molar-refractivity contribution is -0.149. The summed E-state index contributed by atoms with van der Waals surface area (Å²) in [5, 5.41) is 13.5. The molecule has 2 atom stereocenters. The van der Waals surface area contributed by atoms with Crippen molar-refractivity contribution in [3.63, 3.8) is 0 Å². The van der Waals surface area contributed by atoms with Crippen LogP contribution in [0.4, 0.5) is 0 Å². The number of rotatable bonds is 4. The number of ether oxygens (including phenoxy) is 1. The van der Waals surface area contributed by atoms with E-state index in [0.29, 0.717) is 25.1 Å². The quantitative estimate of drug-likeness (QED) is 0.901. The van der Waals surface area contributed by atoms with Crippen molar-refractivity contribution in [3.8, 4) is 5.75 Å². The summed E-state index contributed by atoms with van der Waals surface area (Å²) in [6.07, 6.45) is 1.32. The molecular weight excluding hydrogens is 286 g/mol. The Morgan fingerprint density at radius 3 is 2.64 bits per heavy atom. The summed E-state index contributed by atoms with van der Waals surface area (Å²) in [5.41, 5.74) is 1.60. The number of hydrogen-bond acceptors (Lipinski definition) is 4. The van der Waals surface area contributed by atoms with Crippen LogP contribution in [0.15, 0.2) is 0 Å². The van der Waals surface area contributed by atoms with Gasteiger partial charge in [0.25, 0.3) is 5.91 Å². The molecule has 0 radical (unpaired) electrons. The summed E-state index contributed by atoms with van der Waals surface area (Å²) < 4.78 is 7.33. The van der Waals surface area contributed by atoms with E-state index in [-0.39, 0.29) is 18.6 Å². The van der Waals surface area contributed by atoms with E-state index in [4.69, 9.17) is 4.74 Å². The summed E-state index contributed by atoms with van der Waals surface area (Å²) in [5.74, 6) is -0.902. The third-order valence-electron chi connectivity index (χ3n) is 4.41. The second-order valence-corrected chi connectivity index (χ2v) is 5.83. The van der Waals surface area contributed by atoms with Crippen molar-refractivity contribution in [3.05, 3.63) is 11.4 Å². The van der Waals surface area contributed by atoms with Crippen LogP contribution in [0.5, 0.6) is 5.75 Å². The number of carbonyl (C=O) groups excluding carboxylic acids is 1. The second kappa shape index (κ2) is 6.37. The molecule has 1 aromatic heterocycles. The van der Waals surface area contributed by atoms with Crippen molar-refractivity contribution in [1.82, 2.24) is 14.7 Å². The average molecular weight is 309 g/mol. The van der Waals surface area contributed by atoms with Gasteiger partial charge in [-0.05, 0) is 33.6 Å². The van der Waals surface area contributed by atoms with Gasteiger partial charge in [-0.15, -0.1) is 0 Å². The SMILES string of the molecule is Cc1nn(C)c(C)c1OCC(=O)N1CCC[C@@H](C(=O)O)[C@H]1C. The van der Waals surface area contributed by atoms with E-state index in [1.807, 2.05) is 20.9 Å². The fourth-order valence-electron chi connectivity index (χ4n) is 3.01. The molecule has 0 saturated carbocycles. The Morgan fingerprint density at radius 2 is 2.09 bits per heavy atom. The lowest BCUT2D eigenvalue weighted by Gasteiger charge is -2.37. The number of carboxylic acid groups (broad SMARTS) is 1. The summed E-state index contributed by atoms with van der Waals surface area (Å²) in [7, 11) is 1.82. The van der Waals surface area contributed by atoms with Crippen molar-refractivity contribution in [2.75, 3.05) is 13.2 Å². The van der Waals surface area contributed by atoms with E-state index in [2.05, 4.69) is 5.10 Å². The molecular formula is C15H23N3O4. The predicted octanol–water partition coefficient (Wildman–Crippen LogP) is 1.13. The van der Waals surface area contributed by atoms with Crippen molar-refractivity contribution in [1.29, 1.82) is 0 Å². The maximum atomic E-state index is 12.4. The first-order chi connectivity index (χ1) is 10.3. The van der Waals surface area contributed by atoms with Gasteiger partial charge in [-0.2, -0.15) is 5.10 Å². The number of likely N-dealkylation sites (tertiary alicyclic amines) is 1. The Bertz CT molecular complexity index is 582. The summed E-state index contributed by atoms with van der Waals surface area (Å²) >= 11 is 0. The summed E-state index contributed by atoms with van der Waals surface area (Å²) in [4.78, 5) is 25.2. The zero-order valence-electron chi connectivity index (χ0n) is 13.5. The number of aryl methyl sites for hydroxylation is 2. The highest BCUT2D eigenvalue weighted by Gasteiger charge is 2.35. The van der Waals surface area contributed by atoms with Gasteiger partial charge in [-0.1, -0.05) is 0 Å². The topological polar surface area (TPSA) is 84.7 Å². The molecule has 1 aromatic rings. The van der Waals surface area contributed by atoms with Gasteiger partial charge in [0, 0.05) is 19.6 Å². The number of aliphatic carboxylic acids is 1. The third-order valence-corrected chi connectivity index (χ3v) is 4.41. The van der Waals surface area contributed by atoms with E-state index in [0.717, 1.165) is 11.4 Å². The smallest absolute Gasteiger partial charge is 0.308 e. The molecule has 0 spiro atoms. The standard InChI is InChI=1S/C15H23N3O4/c1-9-14(11(3)17(4)16-9)22-8-13(19)18-7-5-6-12(10(18)2)15(20)21/h10,12H,5-8H2,1-4H3,(H,20,21)/t10-,12-/m1/s1. The molecule has 1 amide bonds. The Balaban J connectivity index is 2.01. The highest BCUT2D eigenvalue weighted by atomic mass is 16.5. The Morgan fingerprint density at radius 1 is 1.41 bits per heavy atom. The predicted molar refractivity (Wildman–Crippen MR) is 79.7 cm³/mol. The molecule has 0 aliphatic carbocycles. The third kappa shape index (κ3) is 3.08. The first-order valence-electron chi connectivity index (χ1n) is 7.48. The fraction of sp³-hybridized carbons (Fsp3) is 0.667. The lowest BCUT2D eigenvalue weighted by Crippen LogP contribution is -2.50. The molecule has 7 heteroatoms. The van der Waals surface area contributed by atoms with E-state index in [1.54, 1.807) is 16.5 Å². The maximum absolute atomic E-state index is 12.4. The normalized spacial score (nSPS) is 21.7. The van der Waals surface area contributed by atoms with Gasteiger partial charge in [-0.3, -0.25) is 14.3 Å². The number of nitrogens with zero attached hydrogens (tertiary/aromatic N) is 3. The van der Waals surface area contributed by atoms with Crippen LogP contribution in [-0.2, 0) is 16.6 Å². The van der Waals surface area contributed by atoms with Crippen LogP contribution in [0, 0.1) is 19.8 Å².